The van der Waals surface area contributed by atoms with Crippen molar-refractivity contribution < 1.29 is 64.6 Å². The molecule has 2 rings (SSSR count). The first-order valence-corrected chi connectivity index (χ1v) is 43.5. The van der Waals surface area contributed by atoms with Gasteiger partial charge in [0.1, 0.15) is 48.8 Å². The van der Waals surface area contributed by atoms with E-state index in [9.17, 15) is 45.6 Å². The Morgan fingerprint density at radius 2 is 0.676 bits per heavy atom. The Labute approximate surface area is 626 Å². The molecule has 0 aromatic rings. The minimum atomic E-state index is -1.79. The third-order valence-electron chi connectivity index (χ3n) is 21.2. The molecule has 2 aliphatic rings. The van der Waals surface area contributed by atoms with Gasteiger partial charge < -0.3 is 65.1 Å². The Morgan fingerprint density at radius 3 is 1.04 bits per heavy atom. The van der Waals surface area contributed by atoms with Crippen LogP contribution in [0, 0.1) is 0 Å². The SMILES string of the molecule is CC/C=C\C/C=C\C/C=C\C/C=C\CCCCCCCCCCCCCCCCCCCCCCCCCCC(=O)NC(COC1OC(CO)C(OC2OC(CO)C(O)C(O)C2O)C(O)C1O)C(O)/C=C/CCCCCCCCCCCCCCCCCCCCCCCCCCCCCCC. The second-order valence-electron chi connectivity index (χ2n) is 30.6. The summed E-state index contributed by atoms with van der Waals surface area (Å²) in [5.74, 6) is -0.231. The van der Waals surface area contributed by atoms with Crippen LogP contribution in [0.15, 0.2) is 60.8 Å². The van der Waals surface area contributed by atoms with Gasteiger partial charge in [0.05, 0.1) is 32.0 Å². The molecule has 12 atom stereocenters. The van der Waals surface area contributed by atoms with Crippen molar-refractivity contribution in [2.45, 2.75) is 473 Å². The van der Waals surface area contributed by atoms with E-state index in [-0.39, 0.29) is 18.9 Å². The van der Waals surface area contributed by atoms with Crippen molar-refractivity contribution in [3.05, 3.63) is 60.8 Å². The van der Waals surface area contributed by atoms with E-state index in [0.717, 1.165) is 64.2 Å². The lowest BCUT2D eigenvalue weighted by atomic mass is 9.97. The van der Waals surface area contributed by atoms with Gasteiger partial charge in [-0.05, 0) is 57.8 Å². The highest BCUT2D eigenvalue weighted by molar-refractivity contribution is 5.76. The summed E-state index contributed by atoms with van der Waals surface area (Å²) in [5.41, 5.74) is 0. The van der Waals surface area contributed by atoms with Gasteiger partial charge in [-0.3, -0.25) is 4.79 Å². The van der Waals surface area contributed by atoms with Crippen LogP contribution in [0.4, 0.5) is 0 Å². The number of nitrogens with one attached hydrogen (secondary N) is 1. The van der Waals surface area contributed by atoms with Crippen molar-refractivity contribution >= 4 is 5.91 Å². The van der Waals surface area contributed by atoms with Crippen molar-refractivity contribution in [2.24, 2.45) is 0 Å². The van der Waals surface area contributed by atoms with Gasteiger partial charge in [-0.25, -0.2) is 0 Å². The summed E-state index contributed by atoms with van der Waals surface area (Å²) in [4.78, 5) is 13.4. The van der Waals surface area contributed by atoms with E-state index in [1.165, 1.54) is 308 Å². The van der Waals surface area contributed by atoms with Crippen molar-refractivity contribution in [2.75, 3.05) is 19.8 Å². The summed E-state index contributed by atoms with van der Waals surface area (Å²) in [6, 6.07) is -0.917. The highest BCUT2D eigenvalue weighted by atomic mass is 16.7. The number of carbonyl (C=O) groups excluding carboxylic acids is 1. The zero-order valence-electron chi connectivity index (χ0n) is 65.9. The summed E-state index contributed by atoms with van der Waals surface area (Å²) in [6.07, 6.45) is 81.8. The highest BCUT2D eigenvalue weighted by Crippen LogP contribution is 2.31. The number of hydrogen-bond acceptors (Lipinski definition) is 13. The molecular weight excluding hydrogens is 1280 g/mol. The molecular formula is C88H163NO13. The zero-order valence-corrected chi connectivity index (χ0v) is 65.9. The molecule has 0 aliphatic carbocycles. The van der Waals surface area contributed by atoms with Gasteiger partial charge in [0, 0.05) is 6.42 Å². The molecule has 14 nitrogen and oxygen atoms in total. The molecule has 0 spiro atoms. The number of unbranched alkanes of at least 4 members (excludes halogenated alkanes) is 53. The van der Waals surface area contributed by atoms with Crippen LogP contribution in [0.1, 0.15) is 399 Å². The first-order chi connectivity index (χ1) is 50.1. The van der Waals surface area contributed by atoms with Crippen LogP contribution in [0.3, 0.4) is 0 Å². The quantitative estimate of drug-likeness (QED) is 0.0204. The molecule has 2 aliphatic heterocycles. The monoisotopic (exact) mass is 1440 g/mol. The largest absolute Gasteiger partial charge is 0.394 e. The van der Waals surface area contributed by atoms with Crippen molar-refractivity contribution in [1.82, 2.24) is 5.32 Å². The summed E-state index contributed by atoms with van der Waals surface area (Å²) in [6.45, 7) is 2.76. The molecule has 0 bridgehead atoms. The lowest BCUT2D eigenvalue weighted by Gasteiger charge is -2.46. The fourth-order valence-corrected chi connectivity index (χ4v) is 14.4. The topological polar surface area (TPSA) is 228 Å². The van der Waals surface area contributed by atoms with E-state index >= 15 is 0 Å². The summed E-state index contributed by atoms with van der Waals surface area (Å²) in [7, 11) is 0. The third kappa shape index (κ3) is 53.5. The van der Waals surface area contributed by atoms with E-state index in [2.05, 4.69) is 67.8 Å². The molecule has 0 aromatic carbocycles. The molecule has 0 radical (unpaired) electrons. The lowest BCUT2D eigenvalue weighted by molar-refractivity contribution is -0.359. The second-order valence-corrected chi connectivity index (χ2v) is 30.6. The molecule has 2 saturated heterocycles. The number of carbonyl (C=O) groups is 1. The molecule has 2 heterocycles. The molecule has 12 unspecified atom stereocenters. The first-order valence-electron chi connectivity index (χ1n) is 43.5. The Balaban J connectivity index is 1.57. The number of aliphatic hydroxyl groups is 8. The fraction of sp³-hybridized carbons (Fsp3) is 0.875. The minimum Gasteiger partial charge on any atom is -0.394 e. The van der Waals surface area contributed by atoms with Crippen LogP contribution in [0.5, 0.6) is 0 Å². The Morgan fingerprint density at radius 1 is 0.363 bits per heavy atom. The molecule has 0 saturated carbocycles. The number of aliphatic hydroxyl groups excluding tert-OH is 8. The Kier molecular flexibility index (Phi) is 67.2. The van der Waals surface area contributed by atoms with Crippen molar-refractivity contribution in [1.29, 1.82) is 0 Å². The molecule has 102 heavy (non-hydrogen) atoms. The van der Waals surface area contributed by atoms with E-state index in [1.807, 2.05) is 6.08 Å². The van der Waals surface area contributed by atoms with Crippen molar-refractivity contribution in [3.8, 4) is 0 Å². The van der Waals surface area contributed by atoms with Gasteiger partial charge in [0.2, 0.25) is 5.91 Å². The van der Waals surface area contributed by atoms with E-state index < -0.39 is 86.8 Å². The summed E-state index contributed by atoms with van der Waals surface area (Å²) >= 11 is 0. The predicted octanol–water partition coefficient (Wildman–Crippen LogP) is 20.7. The molecule has 2 fully saturated rings. The average Bonchev–Trinajstić information content (AvgIpc) is 0.790. The third-order valence-corrected chi connectivity index (χ3v) is 21.2. The maximum atomic E-state index is 13.4. The van der Waals surface area contributed by atoms with Gasteiger partial charge in [0.15, 0.2) is 12.6 Å². The van der Waals surface area contributed by atoms with E-state index in [1.54, 1.807) is 6.08 Å². The number of allylic oxidation sites excluding steroid dienone is 9. The van der Waals surface area contributed by atoms with Crippen LogP contribution in [-0.4, -0.2) is 140 Å². The van der Waals surface area contributed by atoms with Crippen LogP contribution >= 0.6 is 0 Å². The number of hydrogen-bond donors (Lipinski definition) is 9. The molecule has 9 N–H and O–H groups in total. The van der Waals surface area contributed by atoms with Crippen LogP contribution < -0.4 is 5.32 Å². The molecule has 598 valence electrons. The average molecular weight is 1440 g/mol. The highest BCUT2D eigenvalue weighted by Gasteiger charge is 2.51. The summed E-state index contributed by atoms with van der Waals surface area (Å²) in [5, 5.41) is 87.8. The van der Waals surface area contributed by atoms with Crippen molar-refractivity contribution in [3.63, 3.8) is 0 Å². The van der Waals surface area contributed by atoms with Crippen LogP contribution in [0.2, 0.25) is 0 Å². The van der Waals surface area contributed by atoms with Gasteiger partial charge in [-0.15, -0.1) is 0 Å². The maximum Gasteiger partial charge on any atom is 0.220 e. The predicted molar refractivity (Wildman–Crippen MR) is 424 cm³/mol. The number of ether oxygens (including phenoxy) is 4. The standard InChI is InChI=1S/C88H163NO13/c1-3-5-7-9-11-13-15-17-19-21-23-25-27-29-31-33-35-36-37-38-39-40-42-44-46-48-50-52-54-56-58-60-62-64-66-68-70-72-80(93)89-76(75-99-87-85(98)83(96)86(79(74-91)101-87)102-88-84(97)82(95)81(94)78(73-90)100-88)77(92)71-69-67-65-63-61-59-57-55-53-51-49-47-45-43-41-34-32-30-28-26-24-22-20-18-16-14-12-10-8-6-4-2/h5,7,11,13,17,19,23,25,69,71,76-79,81-88,90-92,94-98H,3-4,6,8-10,12,14-16,18,20-22,24,26-68,70,72-75H2,1-2H3,(H,89,93)/b7-5-,13-11-,19-17-,25-23-,71-69+. The van der Waals surface area contributed by atoms with Crippen LogP contribution in [0.25, 0.3) is 0 Å². The molecule has 0 aromatic heterocycles. The normalized spacial score (nSPS) is 21.9. The molecule has 14 heteroatoms. The first kappa shape index (κ1) is 95.8. The molecule has 1 amide bonds. The Bertz CT molecular complexity index is 1950. The van der Waals surface area contributed by atoms with Crippen LogP contribution in [-0.2, 0) is 23.7 Å². The fourth-order valence-electron chi connectivity index (χ4n) is 14.4. The smallest absolute Gasteiger partial charge is 0.220 e. The van der Waals surface area contributed by atoms with E-state index in [4.69, 9.17) is 18.9 Å². The number of amides is 1. The second kappa shape index (κ2) is 71.6. The number of rotatable bonds is 74. The maximum absolute atomic E-state index is 13.4. The van der Waals surface area contributed by atoms with Gasteiger partial charge in [-0.1, -0.05) is 396 Å². The van der Waals surface area contributed by atoms with Gasteiger partial charge in [0.25, 0.3) is 0 Å². The van der Waals surface area contributed by atoms with E-state index in [0.29, 0.717) is 6.42 Å². The lowest BCUT2D eigenvalue weighted by Crippen LogP contribution is -2.65. The van der Waals surface area contributed by atoms with Gasteiger partial charge in [-0.2, -0.15) is 0 Å². The summed E-state index contributed by atoms with van der Waals surface area (Å²) < 4.78 is 23.0. The Hall–Kier alpha value is -2.31. The van der Waals surface area contributed by atoms with Gasteiger partial charge >= 0.3 is 0 Å². The minimum absolute atomic E-state index is 0.231. The zero-order chi connectivity index (χ0) is 73.7.